The highest BCUT2D eigenvalue weighted by atomic mass is 35.5. The Morgan fingerprint density at radius 3 is 2.55 bits per heavy atom. The third-order valence-electron chi connectivity index (χ3n) is 5.45. The molecule has 4 aromatic rings. The van der Waals surface area contributed by atoms with Gasteiger partial charge in [0.15, 0.2) is 0 Å². The van der Waals surface area contributed by atoms with E-state index >= 15 is 0 Å². The van der Waals surface area contributed by atoms with E-state index in [2.05, 4.69) is 14.7 Å². The van der Waals surface area contributed by atoms with Crippen LogP contribution in [-0.2, 0) is 13.0 Å². The number of alkyl halides is 2. The molecule has 0 unspecified atom stereocenters. The number of aryl methyl sites for hydroxylation is 1. The molecular weight excluding hydrogens is 525 g/mol. The Balaban J connectivity index is 1.79. The second kappa shape index (κ2) is 11.2. The van der Waals surface area contributed by atoms with E-state index in [1.54, 1.807) is 13.0 Å². The van der Waals surface area contributed by atoms with E-state index in [0.717, 1.165) is 10.9 Å². The van der Waals surface area contributed by atoms with Gasteiger partial charge in [-0.2, -0.15) is 19.0 Å². The molecule has 194 valence electrons. The monoisotopic (exact) mass is 542 g/mol. The molecule has 38 heavy (non-hydrogen) atoms. The number of hydrogen-bond acceptors (Lipinski definition) is 6. The van der Waals surface area contributed by atoms with E-state index in [9.17, 15) is 22.8 Å². The molecule has 0 saturated heterocycles. The molecule has 0 atom stereocenters. The summed E-state index contributed by atoms with van der Waals surface area (Å²) in [6.07, 6.45) is 1.42. The minimum absolute atomic E-state index is 0.0679. The topological polar surface area (TPSA) is 110 Å². The summed E-state index contributed by atoms with van der Waals surface area (Å²) < 4.78 is 50.4. The van der Waals surface area contributed by atoms with Crippen LogP contribution in [0, 0.1) is 17.1 Å². The van der Waals surface area contributed by atoms with Gasteiger partial charge in [-0.15, -0.1) is 0 Å². The fraction of sp³-hybridized carbons (Fsp3) is 0.154. The summed E-state index contributed by atoms with van der Waals surface area (Å²) in [4.78, 5) is 32.6. The molecule has 0 radical (unpaired) electrons. The number of pyridine rings is 1. The van der Waals surface area contributed by atoms with Crippen molar-refractivity contribution < 1.29 is 22.6 Å². The lowest BCUT2D eigenvalue weighted by Gasteiger charge is -2.15. The number of benzene rings is 2. The van der Waals surface area contributed by atoms with Crippen molar-refractivity contribution in [2.75, 3.05) is 0 Å². The third kappa shape index (κ3) is 5.87. The van der Waals surface area contributed by atoms with Gasteiger partial charge >= 0.3 is 12.2 Å². The highest BCUT2D eigenvalue weighted by Crippen LogP contribution is 2.30. The Kier molecular flexibility index (Phi) is 7.83. The van der Waals surface area contributed by atoms with Crippen molar-refractivity contribution in [3.8, 4) is 34.6 Å². The zero-order valence-electron chi connectivity index (χ0n) is 19.7. The van der Waals surface area contributed by atoms with Crippen LogP contribution >= 0.6 is 11.6 Å². The number of hydrogen-bond donors (Lipinski definition) is 1. The summed E-state index contributed by atoms with van der Waals surface area (Å²) in [6, 6.07) is 12.7. The van der Waals surface area contributed by atoms with E-state index in [1.807, 2.05) is 6.07 Å². The minimum Gasteiger partial charge on any atom is -0.446 e. The first-order valence-corrected chi connectivity index (χ1v) is 11.5. The fourth-order valence-electron chi connectivity index (χ4n) is 3.72. The molecule has 0 amide bonds. The van der Waals surface area contributed by atoms with Gasteiger partial charge in [-0.05, 0) is 53.9 Å². The maximum absolute atomic E-state index is 13.4. The number of halogens is 4. The lowest BCUT2D eigenvalue weighted by atomic mass is 10.0. The molecule has 0 aliphatic carbocycles. The smallest absolute Gasteiger partial charge is 0.388 e. The zero-order valence-corrected chi connectivity index (χ0v) is 20.4. The van der Waals surface area contributed by atoms with Crippen LogP contribution in [0.4, 0.5) is 13.2 Å². The van der Waals surface area contributed by atoms with E-state index in [4.69, 9.17) is 21.6 Å². The summed E-state index contributed by atoms with van der Waals surface area (Å²) in [5.74, 6) is -1.95. The van der Waals surface area contributed by atoms with E-state index in [1.165, 1.54) is 42.5 Å². The van der Waals surface area contributed by atoms with Crippen molar-refractivity contribution in [2.24, 2.45) is 0 Å². The fourth-order valence-corrected chi connectivity index (χ4v) is 3.95. The summed E-state index contributed by atoms with van der Waals surface area (Å²) in [5.41, 5.74) is 0.598. The lowest BCUT2D eigenvalue weighted by molar-refractivity contribution is -0.0544. The Morgan fingerprint density at radius 2 is 1.89 bits per heavy atom. The first-order valence-electron chi connectivity index (χ1n) is 11.1. The van der Waals surface area contributed by atoms with E-state index in [0.29, 0.717) is 23.2 Å². The number of nitrogens with one attached hydrogen (secondary N) is 1. The van der Waals surface area contributed by atoms with Gasteiger partial charge in [0.25, 0.3) is 17.2 Å². The standard InChI is InChI=1S/C26H18ClF3N4O4/c1-2-21-16(9-20(23(35)33-21)15-3-5-18(28)6-4-15)12-34-13-32-24(38-26(29)30)22(25(34)36)37-19-8-14(11-31)7-17(27)10-19/h3-10,13,26H,2,12H2,1H3,(H,33,35). The molecule has 8 nitrogen and oxygen atoms in total. The van der Waals surface area contributed by atoms with Crippen LogP contribution in [0.1, 0.15) is 23.7 Å². The summed E-state index contributed by atoms with van der Waals surface area (Å²) in [6.45, 7) is -1.61. The minimum atomic E-state index is -3.29. The van der Waals surface area contributed by atoms with Gasteiger partial charge in [-0.25, -0.2) is 4.39 Å². The summed E-state index contributed by atoms with van der Waals surface area (Å²) in [5, 5.41) is 9.29. The van der Waals surface area contributed by atoms with Gasteiger partial charge in [0.05, 0.1) is 18.2 Å². The van der Waals surface area contributed by atoms with Crippen LogP contribution in [0.2, 0.25) is 5.02 Å². The van der Waals surface area contributed by atoms with Gasteiger partial charge in [0.1, 0.15) is 17.9 Å². The quantitative estimate of drug-likeness (QED) is 0.325. The molecule has 1 N–H and O–H groups in total. The van der Waals surface area contributed by atoms with Crippen LogP contribution in [0.5, 0.6) is 17.4 Å². The van der Waals surface area contributed by atoms with Crippen molar-refractivity contribution in [2.45, 2.75) is 26.5 Å². The predicted molar refractivity (Wildman–Crippen MR) is 132 cm³/mol. The molecule has 2 aromatic carbocycles. The average Bonchev–Trinajstić information content (AvgIpc) is 2.88. The maximum atomic E-state index is 13.4. The summed E-state index contributed by atoms with van der Waals surface area (Å²) in [7, 11) is 0. The number of H-pyrrole nitrogens is 1. The van der Waals surface area contributed by atoms with E-state index < -0.39 is 35.2 Å². The van der Waals surface area contributed by atoms with Gasteiger partial charge in [0.2, 0.25) is 0 Å². The first kappa shape index (κ1) is 26.5. The number of aromatic nitrogens is 3. The number of aromatic amines is 1. The van der Waals surface area contributed by atoms with Crippen molar-refractivity contribution in [1.29, 1.82) is 5.26 Å². The Morgan fingerprint density at radius 1 is 1.16 bits per heavy atom. The molecule has 4 rings (SSSR count). The number of nitrogens with zero attached hydrogens (tertiary/aromatic N) is 3. The van der Waals surface area contributed by atoms with Crippen molar-refractivity contribution in [3.05, 3.63) is 103 Å². The SMILES string of the molecule is CCc1[nH]c(=O)c(-c2ccc(F)cc2)cc1Cn1cnc(OC(F)F)c(Oc2cc(Cl)cc(C#N)c2)c1=O. The molecule has 0 fully saturated rings. The normalized spacial score (nSPS) is 10.9. The number of nitriles is 1. The Hall–Kier alpha value is -4.56. The highest BCUT2D eigenvalue weighted by molar-refractivity contribution is 6.30. The molecule has 0 aliphatic rings. The lowest BCUT2D eigenvalue weighted by Crippen LogP contribution is -2.25. The molecule has 0 aliphatic heterocycles. The first-order chi connectivity index (χ1) is 18.2. The van der Waals surface area contributed by atoms with Crippen LogP contribution < -0.4 is 20.6 Å². The maximum Gasteiger partial charge on any atom is 0.388 e. The van der Waals surface area contributed by atoms with Gasteiger partial charge < -0.3 is 14.5 Å². The molecule has 2 heterocycles. The molecule has 12 heteroatoms. The van der Waals surface area contributed by atoms with Gasteiger partial charge in [0, 0.05) is 16.3 Å². The van der Waals surface area contributed by atoms with Crippen LogP contribution in [0.3, 0.4) is 0 Å². The molecular formula is C26H18ClF3N4O4. The van der Waals surface area contributed by atoms with Crippen LogP contribution in [0.15, 0.2) is 64.4 Å². The van der Waals surface area contributed by atoms with Gasteiger partial charge in [-0.1, -0.05) is 30.7 Å². The largest absolute Gasteiger partial charge is 0.446 e. The molecule has 0 spiro atoms. The van der Waals surface area contributed by atoms with Crippen molar-refractivity contribution >= 4 is 11.6 Å². The van der Waals surface area contributed by atoms with Crippen LogP contribution in [-0.4, -0.2) is 21.1 Å². The number of ether oxygens (including phenoxy) is 2. The molecule has 2 aromatic heterocycles. The second-order valence-electron chi connectivity index (χ2n) is 7.96. The number of rotatable bonds is 8. The molecule has 0 bridgehead atoms. The third-order valence-corrected chi connectivity index (χ3v) is 5.67. The Labute approximate surface area is 218 Å². The second-order valence-corrected chi connectivity index (χ2v) is 8.39. The van der Waals surface area contributed by atoms with Crippen molar-refractivity contribution in [3.63, 3.8) is 0 Å². The molecule has 0 saturated carbocycles. The average molecular weight is 543 g/mol. The van der Waals surface area contributed by atoms with Crippen molar-refractivity contribution in [1.82, 2.24) is 14.5 Å². The Bertz CT molecular complexity index is 1650. The highest BCUT2D eigenvalue weighted by Gasteiger charge is 2.21. The summed E-state index contributed by atoms with van der Waals surface area (Å²) >= 11 is 5.99. The van der Waals surface area contributed by atoms with Crippen LogP contribution in [0.25, 0.3) is 11.1 Å². The zero-order chi connectivity index (χ0) is 27.4. The van der Waals surface area contributed by atoms with E-state index in [-0.39, 0.29) is 28.4 Å². The predicted octanol–water partition coefficient (Wildman–Crippen LogP) is 5.27. The van der Waals surface area contributed by atoms with Gasteiger partial charge in [-0.3, -0.25) is 14.2 Å².